The molecule has 0 bridgehead atoms. The summed E-state index contributed by atoms with van der Waals surface area (Å²) in [5.74, 6) is 0.670. The lowest BCUT2D eigenvalue weighted by atomic mass is 9.84. The Balaban J connectivity index is 4.13. The summed E-state index contributed by atoms with van der Waals surface area (Å²) < 4.78 is 0. The molecule has 0 saturated carbocycles. The van der Waals surface area contributed by atoms with E-state index in [1.807, 2.05) is 0 Å². The van der Waals surface area contributed by atoms with Gasteiger partial charge in [-0.3, -0.25) is 0 Å². The van der Waals surface area contributed by atoms with Crippen molar-refractivity contribution in [1.29, 1.82) is 0 Å². The molecule has 0 heterocycles. The Morgan fingerprint density at radius 1 is 1.24 bits per heavy atom. The highest BCUT2D eigenvalue weighted by molar-refractivity contribution is 5.02. The minimum atomic E-state index is 0.140. The average Bonchev–Trinajstić information content (AvgIpc) is 2.22. The smallest absolute Gasteiger partial charge is 0.0339 e. The van der Waals surface area contributed by atoms with Crippen LogP contribution in [0.25, 0.3) is 0 Å². The van der Waals surface area contributed by atoms with Gasteiger partial charge in [-0.1, -0.05) is 38.8 Å². The molecule has 1 unspecified atom stereocenters. The van der Waals surface area contributed by atoms with Gasteiger partial charge < -0.3 is 5.32 Å². The molecule has 1 N–H and O–H groups in total. The summed E-state index contributed by atoms with van der Waals surface area (Å²) in [7, 11) is 0. The molecular weight excluding hydrogens is 206 g/mol. The molecule has 0 radical (unpaired) electrons. The molecule has 0 rings (SSSR count). The van der Waals surface area contributed by atoms with Crippen LogP contribution in [0.5, 0.6) is 0 Å². The van der Waals surface area contributed by atoms with E-state index < -0.39 is 0 Å². The molecule has 0 fully saturated rings. The van der Waals surface area contributed by atoms with Gasteiger partial charge in [-0.25, -0.2) is 0 Å². The zero-order valence-electron chi connectivity index (χ0n) is 12.5. The van der Waals surface area contributed by atoms with Crippen LogP contribution in [0, 0.1) is 5.92 Å². The number of unbranched alkanes of at least 4 members (excludes halogenated alkanes) is 1. The minimum absolute atomic E-state index is 0.140. The van der Waals surface area contributed by atoms with Crippen molar-refractivity contribution < 1.29 is 0 Å². The zero-order valence-corrected chi connectivity index (χ0v) is 12.5. The van der Waals surface area contributed by atoms with Crippen LogP contribution in [0.4, 0.5) is 0 Å². The van der Waals surface area contributed by atoms with E-state index in [-0.39, 0.29) is 5.54 Å². The van der Waals surface area contributed by atoms with E-state index >= 15 is 0 Å². The van der Waals surface area contributed by atoms with Gasteiger partial charge in [-0.2, -0.15) is 0 Å². The first-order chi connectivity index (χ1) is 7.79. The number of nitrogens with one attached hydrogen (secondary N) is 1. The topological polar surface area (TPSA) is 12.0 Å². The van der Waals surface area contributed by atoms with Gasteiger partial charge in [-0.05, 0) is 46.0 Å². The molecule has 0 spiro atoms. The summed E-state index contributed by atoms with van der Waals surface area (Å²) in [6, 6.07) is 0. The summed E-state index contributed by atoms with van der Waals surface area (Å²) in [6.45, 7) is 19.3. The van der Waals surface area contributed by atoms with Gasteiger partial charge in [0.2, 0.25) is 0 Å². The SMILES string of the molecule is C=C(C)CCC(=C)NC(C)(C)C(C)CCCC. The van der Waals surface area contributed by atoms with Crippen molar-refractivity contribution in [2.75, 3.05) is 0 Å². The molecule has 1 heteroatoms. The van der Waals surface area contributed by atoms with Gasteiger partial charge in [0, 0.05) is 11.2 Å². The van der Waals surface area contributed by atoms with Gasteiger partial charge in [0.15, 0.2) is 0 Å². The van der Waals surface area contributed by atoms with Crippen molar-refractivity contribution in [3.8, 4) is 0 Å². The van der Waals surface area contributed by atoms with Crippen LogP contribution in [0.2, 0.25) is 0 Å². The van der Waals surface area contributed by atoms with Crippen molar-refractivity contribution in [3.63, 3.8) is 0 Å². The average molecular weight is 237 g/mol. The largest absolute Gasteiger partial charge is 0.384 e. The molecule has 17 heavy (non-hydrogen) atoms. The maximum Gasteiger partial charge on any atom is 0.0339 e. The van der Waals surface area contributed by atoms with Crippen LogP contribution in [-0.2, 0) is 0 Å². The highest BCUT2D eigenvalue weighted by Gasteiger charge is 2.25. The van der Waals surface area contributed by atoms with E-state index in [4.69, 9.17) is 0 Å². The molecule has 100 valence electrons. The summed E-state index contributed by atoms with van der Waals surface area (Å²) in [4.78, 5) is 0. The van der Waals surface area contributed by atoms with Gasteiger partial charge in [0.05, 0.1) is 0 Å². The zero-order chi connectivity index (χ0) is 13.5. The molecule has 0 aromatic rings. The second-order valence-corrected chi connectivity index (χ2v) is 5.95. The van der Waals surface area contributed by atoms with E-state index in [1.165, 1.54) is 24.8 Å². The van der Waals surface area contributed by atoms with Crippen LogP contribution in [0.15, 0.2) is 24.4 Å². The Hall–Kier alpha value is -0.720. The van der Waals surface area contributed by atoms with Gasteiger partial charge in [0.25, 0.3) is 0 Å². The Morgan fingerprint density at radius 2 is 1.82 bits per heavy atom. The molecule has 0 aromatic carbocycles. The van der Waals surface area contributed by atoms with E-state index in [0.717, 1.165) is 18.5 Å². The fourth-order valence-electron chi connectivity index (χ4n) is 1.88. The molecule has 1 nitrogen and oxygen atoms in total. The van der Waals surface area contributed by atoms with Crippen molar-refractivity contribution in [1.82, 2.24) is 5.32 Å². The fourth-order valence-corrected chi connectivity index (χ4v) is 1.88. The maximum absolute atomic E-state index is 4.12. The van der Waals surface area contributed by atoms with Gasteiger partial charge >= 0.3 is 0 Å². The summed E-state index contributed by atoms with van der Waals surface area (Å²) in [5.41, 5.74) is 2.51. The standard InChI is InChI=1S/C16H31N/c1-8-9-10-14(4)16(6,7)17-15(5)12-11-13(2)3/h14,17H,2,5,8-12H2,1,3-4,6-7H3. The van der Waals surface area contributed by atoms with Crippen LogP contribution < -0.4 is 5.32 Å². The van der Waals surface area contributed by atoms with Crippen LogP contribution in [0.3, 0.4) is 0 Å². The monoisotopic (exact) mass is 237 g/mol. The fraction of sp³-hybridized carbons (Fsp3) is 0.750. The summed E-state index contributed by atoms with van der Waals surface area (Å²) >= 11 is 0. The first-order valence-electron chi connectivity index (χ1n) is 6.90. The lowest BCUT2D eigenvalue weighted by Gasteiger charge is -2.35. The van der Waals surface area contributed by atoms with E-state index in [9.17, 15) is 0 Å². The number of hydrogen-bond acceptors (Lipinski definition) is 1. The van der Waals surface area contributed by atoms with Crippen molar-refractivity contribution in [2.24, 2.45) is 5.92 Å². The molecule has 0 aromatic heterocycles. The molecule has 0 saturated heterocycles. The van der Waals surface area contributed by atoms with Crippen molar-refractivity contribution >= 4 is 0 Å². The third-order valence-electron chi connectivity index (χ3n) is 3.58. The van der Waals surface area contributed by atoms with Crippen LogP contribution >= 0.6 is 0 Å². The molecule has 0 aliphatic carbocycles. The van der Waals surface area contributed by atoms with Crippen LogP contribution in [0.1, 0.15) is 66.7 Å². The van der Waals surface area contributed by atoms with E-state index in [1.54, 1.807) is 0 Å². The first kappa shape index (κ1) is 16.3. The van der Waals surface area contributed by atoms with Crippen LogP contribution in [-0.4, -0.2) is 5.54 Å². The first-order valence-corrected chi connectivity index (χ1v) is 6.90. The molecule has 0 aliphatic rings. The second-order valence-electron chi connectivity index (χ2n) is 5.95. The quantitative estimate of drug-likeness (QED) is 0.553. The Morgan fingerprint density at radius 3 is 2.29 bits per heavy atom. The molecule has 1 atom stereocenters. The van der Waals surface area contributed by atoms with Crippen molar-refractivity contribution in [2.45, 2.75) is 72.3 Å². The number of hydrogen-bond donors (Lipinski definition) is 1. The molecule has 0 aliphatic heterocycles. The third-order valence-corrected chi connectivity index (χ3v) is 3.58. The van der Waals surface area contributed by atoms with Crippen molar-refractivity contribution in [3.05, 3.63) is 24.4 Å². The Labute approximate surface area is 108 Å². The molecular formula is C16H31N. The van der Waals surface area contributed by atoms with Gasteiger partial charge in [0.1, 0.15) is 0 Å². The third kappa shape index (κ3) is 7.25. The normalized spacial score (nSPS) is 13.2. The minimum Gasteiger partial charge on any atom is -0.384 e. The molecule has 0 amide bonds. The number of rotatable bonds is 9. The Bertz CT molecular complexity index is 250. The second kappa shape index (κ2) is 7.58. The van der Waals surface area contributed by atoms with E-state index in [0.29, 0.717) is 5.92 Å². The van der Waals surface area contributed by atoms with Gasteiger partial charge in [-0.15, -0.1) is 6.58 Å². The summed E-state index contributed by atoms with van der Waals surface area (Å²) in [5, 5.41) is 3.58. The lowest BCUT2D eigenvalue weighted by Crippen LogP contribution is -2.44. The number of allylic oxidation sites excluding steroid dienone is 2. The maximum atomic E-state index is 4.12. The summed E-state index contributed by atoms with van der Waals surface area (Å²) in [6.07, 6.45) is 5.90. The highest BCUT2D eigenvalue weighted by atomic mass is 15.0. The lowest BCUT2D eigenvalue weighted by molar-refractivity contribution is 0.270. The highest BCUT2D eigenvalue weighted by Crippen LogP contribution is 2.23. The Kier molecular flexibility index (Phi) is 7.26. The van der Waals surface area contributed by atoms with E-state index in [2.05, 4.69) is 53.1 Å². The predicted octanol–water partition coefficient (Wildman–Crippen LogP) is 5.05. The predicted molar refractivity (Wildman–Crippen MR) is 79.1 cm³/mol.